The van der Waals surface area contributed by atoms with E-state index in [-0.39, 0.29) is 29.7 Å². The van der Waals surface area contributed by atoms with E-state index in [4.69, 9.17) is 4.74 Å². The summed E-state index contributed by atoms with van der Waals surface area (Å²) in [7, 11) is 1.32. The van der Waals surface area contributed by atoms with Gasteiger partial charge in [0.2, 0.25) is 11.8 Å². The zero-order valence-electron chi connectivity index (χ0n) is 20.3. The molecule has 1 saturated carbocycles. The molecule has 2 aliphatic carbocycles. The van der Waals surface area contributed by atoms with Gasteiger partial charge in [-0.1, -0.05) is 32.4 Å². The fourth-order valence-electron chi connectivity index (χ4n) is 6.36. The highest BCUT2D eigenvalue weighted by Crippen LogP contribution is 2.54. The first kappa shape index (κ1) is 23.8. The maximum atomic E-state index is 13.7. The minimum absolute atomic E-state index is 0.0229. The van der Waals surface area contributed by atoms with E-state index in [9.17, 15) is 14.4 Å². The predicted octanol–water partition coefficient (Wildman–Crippen LogP) is 3.84. The number of hydrogen-bond acceptors (Lipinski definition) is 4. The Morgan fingerprint density at radius 2 is 1.90 bits per heavy atom. The number of esters is 1. The molecule has 0 bridgehead atoms. The minimum atomic E-state index is -1.13. The first-order chi connectivity index (χ1) is 14.5. The maximum Gasteiger partial charge on any atom is 0.328 e. The van der Waals surface area contributed by atoms with Crippen molar-refractivity contribution in [2.24, 2.45) is 23.2 Å². The number of methoxy groups -OCH3 is 1. The molecule has 0 aromatic carbocycles. The minimum Gasteiger partial charge on any atom is -0.467 e. The van der Waals surface area contributed by atoms with E-state index < -0.39 is 17.6 Å². The zero-order valence-corrected chi connectivity index (χ0v) is 20.3. The van der Waals surface area contributed by atoms with Gasteiger partial charge >= 0.3 is 5.97 Å². The summed E-state index contributed by atoms with van der Waals surface area (Å²) in [4.78, 5) is 40.2. The van der Waals surface area contributed by atoms with Crippen molar-refractivity contribution in [2.45, 2.75) is 97.7 Å². The number of carbonyl (C=O) groups excluding carboxylic acids is 3. The molecule has 3 aliphatic rings. The van der Waals surface area contributed by atoms with Crippen LogP contribution in [0.1, 0.15) is 80.1 Å². The third-order valence-electron chi connectivity index (χ3n) is 8.31. The Balaban J connectivity index is 1.92. The van der Waals surface area contributed by atoms with Crippen LogP contribution in [0.15, 0.2) is 11.6 Å². The van der Waals surface area contributed by atoms with E-state index in [1.807, 2.05) is 0 Å². The van der Waals surface area contributed by atoms with Gasteiger partial charge in [-0.15, -0.1) is 0 Å². The quantitative estimate of drug-likeness (QED) is 0.529. The van der Waals surface area contributed by atoms with Gasteiger partial charge in [0, 0.05) is 17.9 Å². The summed E-state index contributed by atoms with van der Waals surface area (Å²) in [6.07, 6.45) is 7.45. The summed E-state index contributed by atoms with van der Waals surface area (Å²) in [5, 5.41) is 3.42. The number of likely N-dealkylation sites (tertiary alicyclic amines) is 1. The van der Waals surface area contributed by atoms with E-state index in [0.29, 0.717) is 24.2 Å². The monoisotopic (exact) mass is 432 g/mol. The summed E-state index contributed by atoms with van der Waals surface area (Å²) >= 11 is 0. The van der Waals surface area contributed by atoms with Crippen molar-refractivity contribution in [1.29, 1.82) is 0 Å². The number of ether oxygens (including phenoxy) is 1. The summed E-state index contributed by atoms with van der Waals surface area (Å²) in [6, 6.07) is -0.679. The van der Waals surface area contributed by atoms with Gasteiger partial charge in [0.1, 0.15) is 11.6 Å². The number of rotatable bonds is 5. The summed E-state index contributed by atoms with van der Waals surface area (Å²) in [5.41, 5.74) is 0.225. The number of nitrogens with one attached hydrogen (secondary N) is 1. The van der Waals surface area contributed by atoms with Crippen molar-refractivity contribution in [3.05, 3.63) is 11.6 Å². The van der Waals surface area contributed by atoms with Crippen molar-refractivity contribution in [3.63, 3.8) is 0 Å². The van der Waals surface area contributed by atoms with Gasteiger partial charge in [0.25, 0.3) is 0 Å². The van der Waals surface area contributed by atoms with E-state index in [2.05, 4.69) is 39.1 Å². The predicted molar refractivity (Wildman–Crippen MR) is 120 cm³/mol. The Bertz CT molecular complexity index is 771. The van der Waals surface area contributed by atoms with Gasteiger partial charge in [0.15, 0.2) is 0 Å². The number of hydrogen-bond donors (Lipinski definition) is 1. The van der Waals surface area contributed by atoms with Crippen molar-refractivity contribution in [1.82, 2.24) is 10.2 Å². The molecule has 1 aliphatic heterocycles. The fraction of sp³-hybridized carbons (Fsp3) is 0.800. The van der Waals surface area contributed by atoms with Crippen LogP contribution in [-0.4, -0.2) is 47.4 Å². The molecule has 5 atom stereocenters. The third-order valence-corrected chi connectivity index (χ3v) is 8.31. The number of allylic oxidation sites excluding steroid dienone is 1. The van der Waals surface area contributed by atoms with Gasteiger partial charge < -0.3 is 15.0 Å². The zero-order chi connectivity index (χ0) is 23.1. The van der Waals surface area contributed by atoms with Gasteiger partial charge in [0.05, 0.1) is 7.11 Å². The molecule has 2 fully saturated rings. The van der Waals surface area contributed by atoms with Gasteiger partial charge in [-0.05, 0) is 70.6 Å². The van der Waals surface area contributed by atoms with Crippen molar-refractivity contribution >= 4 is 17.8 Å². The molecule has 1 spiro atoms. The molecule has 6 nitrogen and oxygen atoms in total. The summed E-state index contributed by atoms with van der Waals surface area (Å²) in [6.45, 7) is 12.5. The second-order valence-electron chi connectivity index (χ2n) is 10.8. The van der Waals surface area contributed by atoms with Crippen LogP contribution in [0.3, 0.4) is 0 Å². The number of nitrogens with zero attached hydrogens (tertiary/aromatic N) is 1. The second-order valence-corrected chi connectivity index (χ2v) is 10.8. The van der Waals surface area contributed by atoms with Crippen molar-refractivity contribution < 1.29 is 19.1 Å². The lowest BCUT2D eigenvalue weighted by Gasteiger charge is -2.52. The standard InChI is InChI=1S/C25H40N2O4/c1-15(2)18-9-8-17(4)25(13-12-16(3)14-25)21(18)26-23(30)24(5,6)27-19(22(29)31-7)10-11-20(27)28/h14-15,17-19,21H,8-13H2,1-7H3,(H,26,30)/t17-,18+,19-,21-,25-/m0/s1. The Kier molecular flexibility index (Phi) is 6.60. The number of amides is 2. The molecular formula is C25H40N2O4. The molecule has 0 radical (unpaired) electrons. The topological polar surface area (TPSA) is 75.7 Å². The SMILES string of the molecule is COC(=O)[C@@H]1CCC(=O)N1C(C)(C)C(=O)N[C@H]1[C@@H](C(C)C)CC[C@H](C)[C@]12C=C(C)CC2. The molecule has 6 heteroatoms. The van der Waals surface area contributed by atoms with Crippen LogP contribution in [0.2, 0.25) is 0 Å². The van der Waals surface area contributed by atoms with Crippen molar-refractivity contribution in [2.75, 3.05) is 7.11 Å². The fourth-order valence-corrected chi connectivity index (χ4v) is 6.36. The Labute approximate surface area is 187 Å². The lowest BCUT2D eigenvalue weighted by Crippen LogP contribution is -2.65. The maximum absolute atomic E-state index is 13.7. The molecule has 1 saturated heterocycles. The number of carbonyl (C=O) groups is 3. The highest BCUT2D eigenvalue weighted by atomic mass is 16.5. The molecule has 174 valence electrons. The van der Waals surface area contributed by atoms with Crippen LogP contribution in [0.5, 0.6) is 0 Å². The Morgan fingerprint density at radius 3 is 2.45 bits per heavy atom. The van der Waals surface area contributed by atoms with E-state index in [1.54, 1.807) is 13.8 Å². The average molecular weight is 433 g/mol. The van der Waals surface area contributed by atoms with Gasteiger partial charge in [-0.2, -0.15) is 0 Å². The molecule has 1 heterocycles. The van der Waals surface area contributed by atoms with Gasteiger partial charge in [-0.25, -0.2) is 4.79 Å². The van der Waals surface area contributed by atoms with Crippen LogP contribution in [-0.2, 0) is 19.1 Å². The molecule has 0 unspecified atom stereocenters. The molecule has 0 aromatic heterocycles. The lowest BCUT2D eigenvalue weighted by atomic mass is 9.57. The smallest absolute Gasteiger partial charge is 0.328 e. The Morgan fingerprint density at radius 1 is 1.23 bits per heavy atom. The highest BCUT2D eigenvalue weighted by Gasteiger charge is 2.54. The van der Waals surface area contributed by atoms with E-state index in [0.717, 1.165) is 25.7 Å². The van der Waals surface area contributed by atoms with Crippen LogP contribution < -0.4 is 5.32 Å². The third kappa shape index (κ3) is 4.03. The van der Waals surface area contributed by atoms with E-state index >= 15 is 0 Å². The summed E-state index contributed by atoms with van der Waals surface area (Å²) in [5.74, 6) is 0.513. The average Bonchev–Trinajstić information content (AvgIpc) is 3.29. The van der Waals surface area contributed by atoms with Crippen LogP contribution in [0, 0.1) is 23.2 Å². The summed E-state index contributed by atoms with van der Waals surface area (Å²) < 4.78 is 4.92. The lowest BCUT2D eigenvalue weighted by molar-refractivity contribution is -0.157. The first-order valence-electron chi connectivity index (χ1n) is 11.8. The largest absolute Gasteiger partial charge is 0.467 e. The van der Waals surface area contributed by atoms with Gasteiger partial charge in [-0.3, -0.25) is 9.59 Å². The second kappa shape index (κ2) is 8.59. The molecule has 0 aromatic rings. The van der Waals surface area contributed by atoms with E-state index in [1.165, 1.54) is 17.6 Å². The van der Waals surface area contributed by atoms with Crippen molar-refractivity contribution in [3.8, 4) is 0 Å². The van der Waals surface area contributed by atoms with Crippen LogP contribution in [0.25, 0.3) is 0 Å². The molecule has 3 rings (SSSR count). The van der Waals surface area contributed by atoms with Crippen LogP contribution >= 0.6 is 0 Å². The normalized spacial score (nSPS) is 33.7. The molecule has 1 N–H and O–H groups in total. The molecule has 2 amide bonds. The molecule has 31 heavy (non-hydrogen) atoms. The van der Waals surface area contributed by atoms with Crippen LogP contribution in [0.4, 0.5) is 0 Å². The first-order valence-corrected chi connectivity index (χ1v) is 11.8. The molecular weight excluding hydrogens is 392 g/mol. The Hall–Kier alpha value is -1.85. The highest BCUT2D eigenvalue weighted by molar-refractivity contribution is 5.95.